The van der Waals surface area contributed by atoms with Crippen molar-refractivity contribution >= 4 is 21.6 Å². The molecular formula is C18H22N2O3S. The van der Waals surface area contributed by atoms with Crippen LogP contribution in [-0.2, 0) is 10.0 Å². The molecule has 0 aliphatic rings. The Hall–Kier alpha value is -2.34. The van der Waals surface area contributed by atoms with Crippen LogP contribution in [-0.4, -0.2) is 20.6 Å². The highest BCUT2D eigenvalue weighted by Crippen LogP contribution is 2.19. The number of carbonyl (C=O) groups excluding carboxylic acids is 1. The Kier molecular flexibility index (Phi) is 5.29. The van der Waals surface area contributed by atoms with Crippen LogP contribution >= 0.6 is 0 Å². The van der Waals surface area contributed by atoms with E-state index in [0.717, 1.165) is 22.9 Å². The Bertz CT molecular complexity index is 843. The van der Waals surface area contributed by atoms with Crippen molar-refractivity contribution in [3.05, 3.63) is 64.7 Å². The van der Waals surface area contributed by atoms with E-state index in [-0.39, 0.29) is 11.9 Å². The number of aryl methyl sites for hydroxylation is 2. The van der Waals surface area contributed by atoms with Crippen LogP contribution in [0.5, 0.6) is 0 Å². The fourth-order valence-electron chi connectivity index (χ4n) is 2.29. The third-order valence-electron chi connectivity index (χ3n) is 3.72. The molecule has 0 aliphatic heterocycles. The SMILES string of the molecule is Cc1ccc([C@@H](C)NC(=O)c2ccc(C)c(NS(C)(=O)=O)c2)cc1. The van der Waals surface area contributed by atoms with Gasteiger partial charge >= 0.3 is 0 Å². The summed E-state index contributed by atoms with van der Waals surface area (Å²) in [7, 11) is -3.39. The minimum atomic E-state index is -3.39. The van der Waals surface area contributed by atoms with Crippen LogP contribution < -0.4 is 10.0 Å². The van der Waals surface area contributed by atoms with Gasteiger partial charge in [0.1, 0.15) is 0 Å². The first kappa shape index (κ1) is 18.0. The molecule has 0 spiro atoms. The predicted octanol–water partition coefficient (Wildman–Crippen LogP) is 3.17. The highest BCUT2D eigenvalue weighted by atomic mass is 32.2. The fourth-order valence-corrected chi connectivity index (χ4v) is 2.91. The maximum absolute atomic E-state index is 12.4. The van der Waals surface area contributed by atoms with E-state index >= 15 is 0 Å². The number of amides is 1. The first-order chi connectivity index (χ1) is 11.2. The molecule has 0 aromatic heterocycles. The Labute approximate surface area is 143 Å². The van der Waals surface area contributed by atoms with E-state index in [1.807, 2.05) is 38.1 Å². The van der Waals surface area contributed by atoms with Crippen LogP contribution in [0.1, 0.15) is 40.0 Å². The smallest absolute Gasteiger partial charge is 0.251 e. The zero-order valence-corrected chi connectivity index (χ0v) is 15.1. The number of hydrogen-bond donors (Lipinski definition) is 2. The second kappa shape index (κ2) is 7.05. The van der Waals surface area contributed by atoms with Crippen LogP contribution in [0.15, 0.2) is 42.5 Å². The van der Waals surface area contributed by atoms with Gasteiger partial charge in [-0.15, -0.1) is 0 Å². The minimum Gasteiger partial charge on any atom is -0.346 e. The van der Waals surface area contributed by atoms with Crippen molar-refractivity contribution in [2.45, 2.75) is 26.8 Å². The molecule has 0 unspecified atom stereocenters. The molecule has 128 valence electrons. The summed E-state index contributed by atoms with van der Waals surface area (Å²) in [5.41, 5.74) is 3.74. The van der Waals surface area contributed by atoms with Gasteiger partial charge in [-0.1, -0.05) is 35.9 Å². The van der Waals surface area contributed by atoms with Gasteiger partial charge in [0.25, 0.3) is 5.91 Å². The molecular weight excluding hydrogens is 324 g/mol. The molecule has 0 radical (unpaired) electrons. The number of nitrogens with one attached hydrogen (secondary N) is 2. The van der Waals surface area contributed by atoms with Gasteiger partial charge in [0.15, 0.2) is 0 Å². The monoisotopic (exact) mass is 346 g/mol. The summed E-state index contributed by atoms with van der Waals surface area (Å²) in [5, 5.41) is 2.93. The summed E-state index contributed by atoms with van der Waals surface area (Å²) in [6.45, 7) is 5.70. The highest BCUT2D eigenvalue weighted by molar-refractivity contribution is 7.92. The van der Waals surface area contributed by atoms with Crippen molar-refractivity contribution in [2.24, 2.45) is 0 Å². The largest absolute Gasteiger partial charge is 0.346 e. The van der Waals surface area contributed by atoms with E-state index in [1.54, 1.807) is 25.1 Å². The zero-order valence-electron chi connectivity index (χ0n) is 14.3. The maximum atomic E-state index is 12.4. The zero-order chi connectivity index (χ0) is 17.9. The van der Waals surface area contributed by atoms with Gasteiger partial charge in [-0.3, -0.25) is 9.52 Å². The van der Waals surface area contributed by atoms with E-state index in [0.29, 0.717) is 11.3 Å². The van der Waals surface area contributed by atoms with Crippen molar-refractivity contribution in [2.75, 3.05) is 11.0 Å². The van der Waals surface area contributed by atoms with Gasteiger partial charge in [-0.05, 0) is 44.0 Å². The van der Waals surface area contributed by atoms with Crippen molar-refractivity contribution in [3.63, 3.8) is 0 Å². The molecule has 6 heteroatoms. The van der Waals surface area contributed by atoms with Crippen molar-refractivity contribution in [1.82, 2.24) is 5.32 Å². The third kappa shape index (κ3) is 4.83. The summed E-state index contributed by atoms with van der Waals surface area (Å²) in [4.78, 5) is 12.4. The molecule has 1 amide bonds. The minimum absolute atomic E-state index is 0.147. The molecule has 24 heavy (non-hydrogen) atoms. The molecule has 2 aromatic rings. The van der Waals surface area contributed by atoms with Gasteiger partial charge in [-0.25, -0.2) is 8.42 Å². The van der Waals surface area contributed by atoms with E-state index < -0.39 is 10.0 Å². The third-order valence-corrected chi connectivity index (χ3v) is 4.31. The van der Waals surface area contributed by atoms with Crippen LogP contribution in [0, 0.1) is 13.8 Å². The first-order valence-corrected chi connectivity index (χ1v) is 9.51. The Morgan fingerprint density at radius 1 is 1.04 bits per heavy atom. The molecule has 0 fully saturated rings. The van der Waals surface area contributed by atoms with Crippen molar-refractivity contribution < 1.29 is 13.2 Å². The lowest BCUT2D eigenvalue weighted by atomic mass is 10.1. The number of hydrogen-bond acceptors (Lipinski definition) is 3. The number of anilines is 1. The topological polar surface area (TPSA) is 75.3 Å². The maximum Gasteiger partial charge on any atom is 0.251 e. The standard InChI is InChI=1S/C18H22N2O3S/c1-12-5-8-15(9-6-12)14(3)19-18(21)16-10-7-13(2)17(11-16)20-24(4,22)23/h5-11,14,20H,1-4H3,(H,19,21)/t14-/m1/s1. The molecule has 2 N–H and O–H groups in total. The van der Waals surface area contributed by atoms with Crippen LogP contribution in [0.25, 0.3) is 0 Å². The van der Waals surface area contributed by atoms with Crippen molar-refractivity contribution in [1.29, 1.82) is 0 Å². The van der Waals surface area contributed by atoms with E-state index in [4.69, 9.17) is 0 Å². The lowest BCUT2D eigenvalue weighted by molar-refractivity contribution is 0.0940. The number of sulfonamides is 1. The van der Waals surface area contributed by atoms with Gasteiger partial charge in [0.2, 0.25) is 10.0 Å². The quantitative estimate of drug-likeness (QED) is 0.873. The summed E-state index contributed by atoms with van der Waals surface area (Å²) in [5.74, 6) is -0.250. The second-order valence-electron chi connectivity index (χ2n) is 6.01. The Morgan fingerprint density at radius 2 is 1.67 bits per heavy atom. The highest BCUT2D eigenvalue weighted by Gasteiger charge is 2.14. The van der Waals surface area contributed by atoms with Crippen molar-refractivity contribution in [3.8, 4) is 0 Å². The summed E-state index contributed by atoms with van der Waals surface area (Å²) in [6.07, 6.45) is 1.08. The van der Waals surface area contributed by atoms with E-state index in [2.05, 4.69) is 10.0 Å². The average molecular weight is 346 g/mol. The van der Waals surface area contributed by atoms with Gasteiger partial charge in [0, 0.05) is 5.56 Å². The van der Waals surface area contributed by atoms with Gasteiger partial charge < -0.3 is 5.32 Å². The Morgan fingerprint density at radius 3 is 2.25 bits per heavy atom. The summed E-state index contributed by atoms with van der Waals surface area (Å²) in [6, 6.07) is 12.8. The Balaban J connectivity index is 2.17. The van der Waals surface area contributed by atoms with E-state index in [9.17, 15) is 13.2 Å². The molecule has 0 heterocycles. The molecule has 0 aliphatic carbocycles. The molecule has 2 aromatic carbocycles. The average Bonchev–Trinajstić information content (AvgIpc) is 2.48. The lowest BCUT2D eigenvalue weighted by Gasteiger charge is -2.16. The summed E-state index contributed by atoms with van der Waals surface area (Å²) < 4.78 is 25.3. The lowest BCUT2D eigenvalue weighted by Crippen LogP contribution is -2.26. The number of benzene rings is 2. The second-order valence-corrected chi connectivity index (χ2v) is 7.76. The van der Waals surface area contributed by atoms with Crippen LogP contribution in [0.2, 0.25) is 0 Å². The molecule has 0 saturated heterocycles. The fraction of sp³-hybridized carbons (Fsp3) is 0.278. The van der Waals surface area contributed by atoms with Gasteiger partial charge in [0.05, 0.1) is 18.0 Å². The number of rotatable bonds is 5. The molecule has 2 rings (SSSR count). The molecule has 5 nitrogen and oxygen atoms in total. The van der Waals surface area contributed by atoms with Crippen LogP contribution in [0.4, 0.5) is 5.69 Å². The van der Waals surface area contributed by atoms with Gasteiger partial charge in [-0.2, -0.15) is 0 Å². The number of carbonyl (C=O) groups is 1. The normalized spacial score (nSPS) is 12.5. The molecule has 0 bridgehead atoms. The van der Waals surface area contributed by atoms with E-state index in [1.165, 1.54) is 0 Å². The van der Waals surface area contributed by atoms with Crippen LogP contribution in [0.3, 0.4) is 0 Å². The predicted molar refractivity (Wildman–Crippen MR) is 96.7 cm³/mol. The molecule has 0 saturated carbocycles. The molecule has 1 atom stereocenters. The summed E-state index contributed by atoms with van der Waals surface area (Å²) >= 11 is 0. The first-order valence-electron chi connectivity index (χ1n) is 7.61.